The number of benzene rings is 1. The van der Waals surface area contributed by atoms with Gasteiger partial charge < -0.3 is 9.64 Å². The summed E-state index contributed by atoms with van der Waals surface area (Å²) < 4.78 is 6.72. The van der Waals surface area contributed by atoms with E-state index in [-0.39, 0.29) is 12.5 Å². The van der Waals surface area contributed by atoms with E-state index in [1.807, 2.05) is 29.2 Å². The van der Waals surface area contributed by atoms with E-state index in [2.05, 4.69) is 36.4 Å². The Hall–Kier alpha value is -0.780. The number of ether oxygens (including phenoxy) is 1. The van der Waals surface area contributed by atoms with Crippen LogP contribution in [0.2, 0.25) is 0 Å². The molecule has 1 saturated heterocycles. The Morgan fingerprint density at radius 1 is 1.37 bits per heavy atom. The summed E-state index contributed by atoms with van der Waals surface area (Å²) in [4.78, 5) is 14.3. The van der Waals surface area contributed by atoms with E-state index in [4.69, 9.17) is 4.74 Å². The smallest absolute Gasteiger partial charge is 0.260 e. The molecule has 1 heterocycles. The van der Waals surface area contributed by atoms with E-state index >= 15 is 0 Å². The van der Waals surface area contributed by atoms with Crippen LogP contribution in [0.1, 0.15) is 33.1 Å². The standard InChI is InChI=1S/C15H20INO2/c1-11-5-3-6-12(2)17(11)15(18)10-19-14-8-4-7-13(16)9-14/h4,7-9,11-12H,3,5-6,10H2,1-2H3. The summed E-state index contributed by atoms with van der Waals surface area (Å²) in [5.74, 6) is 0.858. The van der Waals surface area contributed by atoms with E-state index in [0.29, 0.717) is 12.1 Å². The highest BCUT2D eigenvalue weighted by Crippen LogP contribution is 2.23. The van der Waals surface area contributed by atoms with Gasteiger partial charge >= 0.3 is 0 Å². The minimum Gasteiger partial charge on any atom is -0.484 e. The number of rotatable bonds is 3. The molecule has 19 heavy (non-hydrogen) atoms. The highest BCUT2D eigenvalue weighted by molar-refractivity contribution is 14.1. The quantitative estimate of drug-likeness (QED) is 0.760. The van der Waals surface area contributed by atoms with Gasteiger partial charge in [0.25, 0.3) is 5.91 Å². The summed E-state index contributed by atoms with van der Waals surface area (Å²) in [5.41, 5.74) is 0. The van der Waals surface area contributed by atoms with E-state index < -0.39 is 0 Å². The van der Waals surface area contributed by atoms with Gasteiger partial charge in [-0.05, 0) is 73.9 Å². The Morgan fingerprint density at radius 3 is 2.68 bits per heavy atom. The van der Waals surface area contributed by atoms with Gasteiger partial charge in [0, 0.05) is 15.7 Å². The van der Waals surface area contributed by atoms with Crippen molar-refractivity contribution in [1.29, 1.82) is 0 Å². The highest BCUT2D eigenvalue weighted by atomic mass is 127. The number of hydrogen-bond acceptors (Lipinski definition) is 2. The molecule has 0 radical (unpaired) electrons. The van der Waals surface area contributed by atoms with Crippen LogP contribution >= 0.6 is 22.6 Å². The summed E-state index contributed by atoms with van der Waals surface area (Å²) >= 11 is 2.24. The molecule has 0 aliphatic carbocycles. The zero-order chi connectivity index (χ0) is 13.8. The van der Waals surface area contributed by atoms with Crippen molar-refractivity contribution in [3.05, 3.63) is 27.8 Å². The van der Waals surface area contributed by atoms with Crippen LogP contribution in [0.3, 0.4) is 0 Å². The van der Waals surface area contributed by atoms with E-state index in [0.717, 1.165) is 22.2 Å². The molecule has 0 aromatic heterocycles. The van der Waals surface area contributed by atoms with Gasteiger partial charge in [0.2, 0.25) is 0 Å². The normalized spacial score (nSPS) is 23.2. The van der Waals surface area contributed by atoms with Crippen LogP contribution in [0.25, 0.3) is 0 Å². The van der Waals surface area contributed by atoms with Crippen LogP contribution in [-0.2, 0) is 4.79 Å². The van der Waals surface area contributed by atoms with Crippen LogP contribution in [0.15, 0.2) is 24.3 Å². The molecule has 1 amide bonds. The van der Waals surface area contributed by atoms with Gasteiger partial charge in [0.05, 0.1) is 0 Å². The minimum atomic E-state index is 0.0959. The Bertz CT molecular complexity index is 440. The van der Waals surface area contributed by atoms with E-state index in [1.165, 1.54) is 6.42 Å². The summed E-state index contributed by atoms with van der Waals surface area (Å²) in [7, 11) is 0. The fourth-order valence-corrected chi connectivity index (χ4v) is 3.20. The predicted octanol–water partition coefficient (Wildman–Crippen LogP) is 3.46. The number of carbonyl (C=O) groups is 1. The van der Waals surface area contributed by atoms with Gasteiger partial charge in [0.1, 0.15) is 5.75 Å². The van der Waals surface area contributed by atoms with Crippen LogP contribution in [0.4, 0.5) is 0 Å². The number of carbonyl (C=O) groups excluding carboxylic acids is 1. The first-order valence-corrected chi connectivity index (χ1v) is 7.85. The second-order valence-corrected chi connectivity index (χ2v) is 6.42. The fraction of sp³-hybridized carbons (Fsp3) is 0.533. The van der Waals surface area contributed by atoms with Crippen molar-refractivity contribution in [3.63, 3.8) is 0 Å². The fourth-order valence-electron chi connectivity index (χ4n) is 2.69. The van der Waals surface area contributed by atoms with Crippen molar-refractivity contribution >= 4 is 28.5 Å². The van der Waals surface area contributed by atoms with Crippen molar-refractivity contribution in [1.82, 2.24) is 4.90 Å². The average Bonchev–Trinajstić information content (AvgIpc) is 2.36. The van der Waals surface area contributed by atoms with Crippen LogP contribution in [-0.4, -0.2) is 29.5 Å². The predicted molar refractivity (Wildman–Crippen MR) is 84.3 cm³/mol. The SMILES string of the molecule is CC1CCCC(C)N1C(=O)COc1cccc(I)c1. The number of halogens is 1. The molecule has 1 aromatic rings. The molecule has 1 aliphatic heterocycles. The van der Waals surface area contributed by atoms with Gasteiger partial charge in [-0.3, -0.25) is 4.79 Å². The number of amides is 1. The number of likely N-dealkylation sites (tertiary alicyclic amines) is 1. The van der Waals surface area contributed by atoms with Gasteiger partial charge in [0.15, 0.2) is 6.61 Å². The van der Waals surface area contributed by atoms with Crippen molar-refractivity contribution in [2.24, 2.45) is 0 Å². The minimum absolute atomic E-state index is 0.0959. The zero-order valence-electron chi connectivity index (χ0n) is 11.4. The third-order valence-electron chi connectivity index (χ3n) is 3.64. The Labute approximate surface area is 128 Å². The van der Waals surface area contributed by atoms with E-state index in [1.54, 1.807) is 0 Å². The van der Waals surface area contributed by atoms with Crippen LogP contribution in [0.5, 0.6) is 5.75 Å². The first kappa shape index (κ1) is 14.6. The summed E-state index contributed by atoms with van der Waals surface area (Å²) in [5, 5.41) is 0. The number of hydrogen-bond donors (Lipinski definition) is 0. The third kappa shape index (κ3) is 3.84. The second-order valence-electron chi connectivity index (χ2n) is 5.18. The summed E-state index contributed by atoms with van der Waals surface area (Å²) in [6.07, 6.45) is 3.41. The maximum atomic E-state index is 12.3. The Morgan fingerprint density at radius 2 is 2.05 bits per heavy atom. The Kier molecular flexibility index (Phi) is 5.07. The molecule has 104 valence electrons. The van der Waals surface area contributed by atoms with Crippen molar-refractivity contribution in [2.75, 3.05) is 6.61 Å². The van der Waals surface area contributed by atoms with Crippen molar-refractivity contribution in [3.8, 4) is 5.75 Å². The lowest BCUT2D eigenvalue weighted by Crippen LogP contribution is -2.49. The first-order valence-electron chi connectivity index (χ1n) is 6.77. The van der Waals surface area contributed by atoms with Crippen LogP contribution < -0.4 is 4.74 Å². The lowest BCUT2D eigenvalue weighted by Gasteiger charge is -2.38. The summed E-state index contributed by atoms with van der Waals surface area (Å²) in [6, 6.07) is 8.43. The zero-order valence-corrected chi connectivity index (χ0v) is 13.6. The van der Waals surface area contributed by atoms with E-state index in [9.17, 15) is 4.79 Å². The molecule has 0 saturated carbocycles. The van der Waals surface area contributed by atoms with Gasteiger partial charge in [-0.1, -0.05) is 6.07 Å². The topological polar surface area (TPSA) is 29.5 Å². The largest absolute Gasteiger partial charge is 0.484 e. The lowest BCUT2D eigenvalue weighted by atomic mass is 9.97. The number of nitrogens with zero attached hydrogens (tertiary/aromatic N) is 1. The molecule has 1 aliphatic rings. The van der Waals surface area contributed by atoms with Crippen LogP contribution in [0, 0.1) is 3.57 Å². The van der Waals surface area contributed by atoms with Gasteiger partial charge in [-0.15, -0.1) is 0 Å². The monoisotopic (exact) mass is 373 g/mol. The first-order chi connectivity index (χ1) is 9.08. The lowest BCUT2D eigenvalue weighted by molar-refractivity contribution is -0.139. The molecular formula is C15H20INO2. The molecule has 4 heteroatoms. The highest BCUT2D eigenvalue weighted by Gasteiger charge is 2.28. The molecule has 3 nitrogen and oxygen atoms in total. The van der Waals surface area contributed by atoms with Gasteiger partial charge in [-0.2, -0.15) is 0 Å². The van der Waals surface area contributed by atoms with Gasteiger partial charge in [-0.25, -0.2) is 0 Å². The molecule has 1 aromatic carbocycles. The van der Waals surface area contributed by atoms with Crippen molar-refractivity contribution < 1.29 is 9.53 Å². The third-order valence-corrected chi connectivity index (χ3v) is 4.31. The number of piperidine rings is 1. The molecule has 0 N–H and O–H groups in total. The molecule has 2 atom stereocenters. The molecule has 0 bridgehead atoms. The van der Waals surface area contributed by atoms with Crippen molar-refractivity contribution in [2.45, 2.75) is 45.2 Å². The molecule has 2 rings (SSSR count). The Balaban J connectivity index is 1.93. The maximum Gasteiger partial charge on any atom is 0.260 e. The molecule has 2 unspecified atom stereocenters. The maximum absolute atomic E-state index is 12.3. The molecular weight excluding hydrogens is 353 g/mol. The summed E-state index contributed by atoms with van der Waals surface area (Å²) in [6.45, 7) is 4.38. The molecule has 0 spiro atoms. The molecule has 1 fully saturated rings. The second kappa shape index (κ2) is 6.59. The average molecular weight is 373 g/mol.